The SMILES string of the molecule is CN(N)C=O.CNc1cccc(SS(C(C)C)(C(C)C)C(C)C)c1C. The van der Waals surface area contributed by atoms with Gasteiger partial charge in [0.05, 0.1) is 0 Å². The Morgan fingerprint density at radius 1 is 1.12 bits per heavy atom. The first-order valence-electron chi connectivity index (χ1n) is 8.74. The highest BCUT2D eigenvalue weighted by molar-refractivity contribution is 8.94. The molecule has 0 atom stereocenters. The van der Waals surface area contributed by atoms with Crippen molar-refractivity contribution < 1.29 is 4.79 Å². The predicted octanol–water partition coefficient (Wildman–Crippen LogP) is 5.02. The normalized spacial score (nSPS) is 12.0. The molecule has 4 nitrogen and oxygen atoms in total. The highest BCUT2D eigenvalue weighted by Crippen LogP contribution is 2.72. The second kappa shape index (κ2) is 11.0. The molecule has 0 aliphatic carbocycles. The number of carbonyl (C=O) groups excluding carboxylic acids is 1. The van der Waals surface area contributed by atoms with Crippen LogP contribution in [-0.4, -0.2) is 41.3 Å². The topological polar surface area (TPSA) is 58.4 Å². The molecule has 0 fully saturated rings. The summed E-state index contributed by atoms with van der Waals surface area (Å²) in [6.07, 6.45) is 0.528. The maximum atomic E-state index is 9.31. The summed E-state index contributed by atoms with van der Waals surface area (Å²) in [7, 11) is 4.87. The number of hydrogen-bond donors (Lipinski definition) is 2. The Morgan fingerprint density at radius 2 is 1.56 bits per heavy atom. The summed E-state index contributed by atoms with van der Waals surface area (Å²) in [6, 6.07) is 6.62. The van der Waals surface area contributed by atoms with Gasteiger partial charge in [-0.25, -0.2) is 5.84 Å². The average Bonchev–Trinajstić information content (AvgIpc) is 2.53. The van der Waals surface area contributed by atoms with Gasteiger partial charge in [0.25, 0.3) is 0 Å². The lowest BCUT2D eigenvalue weighted by Gasteiger charge is -2.50. The molecular weight excluding hydrogens is 350 g/mol. The molecule has 0 aromatic heterocycles. The zero-order valence-electron chi connectivity index (χ0n) is 17.3. The molecular formula is C19H37N3OS2. The molecule has 0 unspecified atom stereocenters. The number of hydrazine groups is 1. The third-order valence-corrected chi connectivity index (χ3v) is 14.4. The van der Waals surface area contributed by atoms with E-state index in [4.69, 9.17) is 5.84 Å². The van der Waals surface area contributed by atoms with Crippen molar-refractivity contribution in [2.45, 2.75) is 69.1 Å². The summed E-state index contributed by atoms with van der Waals surface area (Å²) in [4.78, 5) is 10.8. The van der Waals surface area contributed by atoms with Crippen molar-refractivity contribution in [3.8, 4) is 0 Å². The van der Waals surface area contributed by atoms with Gasteiger partial charge in [-0.15, -0.1) is 0 Å². The number of rotatable bonds is 7. The molecule has 1 aromatic carbocycles. The number of amides is 1. The van der Waals surface area contributed by atoms with Crippen LogP contribution in [0.1, 0.15) is 47.1 Å². The molecule has 0 bridgehead atoms. The van der Waals surface area contributed by atoms with Crippen molar-refractivity contribution in [2.75, 3.05) is 19.4 Å². The fraction of sp³-hybridized carbons (Fsp3) is 0.632. The van der Waals surface area contributed by atoms with Crippen LogP contribution in [0.25, 0.3) is 0 Å². The summed E-state index contributed by atoms with van der Waals surface area (Å²) in [5.74, 6) is 4.76. The molecule has 3 N–H and O–H groups in total. The largest absolute Gasteiger partial charge is 0.388 e. The van der Waals surface area contributed by atoms with Crippen LogP contribution in [0.15, 0.2) is 23.1 Å². The minimum Gasteiger partial charge on any atom is -0.388 e. The van der Waals surface area contributed by atoms with E-state index in [0.717, 1.165) is 20.8 Å². The van der Waals surface area contributed by atoms with E-state index in [0.29, 0.717) is 6.41 Å². The smallest absolute Gasteiger partial charge is 0.223 e. The zero-order chi connectivity index (χ0) is 19.8. The molecule has 146 valence electrons. The van der Waals surface area contributed by atoms with Crippen LogP contribution in [-0.2, 0) is 4.79 Å². The molecule has 0 aliphatic rings. The van der Waals surface area contributed by atoms with Crippen molar-refractivity contribution in [2.24, 2.45) is 5.84 Å². The zero-order valence-corrected chi connectivity index (χ0v) is 18.9. The lowest BCUT2D eigenvalue weighted by Crippen LogP contribution is -2.25. The first-order valence-corrected chi connectivity index (χ1v) is 11.9. The predicted molar refractivity (Wildman–Crippen MR) is 118 cm³/mol. The summed E-state index contributed by atoms with van der Waals surface area (Å²) < 4.78 is 0. The quantitative estimate of drug-likeness (QED) is 0.227. The average molecular weight is 388 g/mol. The molecule has 25 heavy (non-hydrogen) atoms. The standard InChI is InChI=1S/C17H31NS2.C2H6N2O/c1-12(2)20(13(3)4,14(5)6)19-17-11-9-10-16(18-8)15(17)7;1-4(3)2-5/h9-14,18H,1-8H3;2H,3H2,1H3. The Labute approximate surface area is 160 Å². The summed E-state index contributed by atoms with van der Waals surface area (Å²) in [5, 5.41) is 6.43. The fourth-order valence-electron chi connectivity index (χ4n) is 3.05. The van der Waals surface area contributed by atoms with E-state index < -0.39 is 9.06 Å². The van der Waals surface area contributed by atoms with Crippen LogP contribution in [0.4, 0.5) is 5.69 Å². The highest BCUT2D eigenvalue weighted by Gasteiger charge is 2.36. The van der Waals surface area contributed by atoms with E-state index >= 15 is 0 Å². The van der Waals surface area contributed by atoms with Crippen LogP contribution in [0.3, 0.4) is 0 Å². The Balaban J connectivity index is 0.00000101. The lowest BCUT2D eigenvalue weighted by atomic mass is 10.2. The van der Waals surface area contributed by atoms with Crippen LogP contribution in [0.2, 0.25) is 0 Å². The Morgan fingerprint density at radius 3 is 1.88 bits per heavy atom. The third-order valence-electron chi connectivity index (χ3n) is 4.16. The van der Waals surface area contributed by atoms with Gasteiger partial charge in [0.1, 0.15) is 0 Å². The summed E-state index contributed by atoms with van der Waals surface area (Å²) in [6.45, 7) is 16.6. The van der Waals surface area contributed by atoms with Crippen molar-refractivity contribution in [3.05, 3.63) is 23.8 Å². The number of nitrogens with one attached hydrogen (secondary N) is 1. The molecule has 0 saturated heterocycles. The minimum absolute atomic E-state index is 0.528. The van der Waals surface area contributed by atoms with Gasteiger partial charge >= 0.3 is 0 Å². The number of benzene rings is 1. The van der Waals surface area contributed by atoms with E-state index in [1.54, 1.807) is 0 Å². The molecule has 0 spiro atoms. The first-order chi connectivity index (χ1) is 11.5. The van der Waals surface area contributed by atoms with Gasteiger partial charge in [-0.05, 0) is 40.4 Å². The maximum absolute atomic E-state index is 9.31. The van der Waals surface area contributed by atoms with E-state index in [-0.39, 0.29) is 0 Å². The number of carbonyl (C=O) groups is 1. The van der Waals surface area contributed by atoms with Crippen molar-refractivity contribution in [1.29, 1.82) is 0 Å². The van der Waals surface area contributed by atoms with Gasteiger partial charge in [-0.1, -0.05) is 58.4 Å². The molecule has 1 amide bonds. The van der Waals surface area contributed by atoms with Crippen LogP contribution in [0.5, 0.6) is 0 Å². The van der Waals surface area contributed by atoms with Gasteiger partial charge in [0.15, 0.2) is 0 Å². The van der Waals surface area contributed by atoms with Gasteiger partial charge in [-0.2, -0.15) is 9.06 Å². The van der Waals surface area contributed by atoms with Gasteiger partial charge < -0.3 is 5.32 Å². The fourth-order valence-corrected chi connectivity index (χ4v) is 10.8. The molecule has 1 aromatic rings. The number of nitrogens with two attached hydrogens (primary N) is 1. The molecule has 6 heteroatoms. The Kier molecular flexibility index (Phi) is 10.6. The molecule has 0 aliphatic heterocycles. The highest BCUT2D eigenvalue weighted by atomic mass is 33.2. The third kappa shape index (κ3) is 6.42. The van der Waals surface area contributed by atoms with Crippen LogP contribution in [0, 0.1) is 6.92 Å². The van der Waals surface area contributed by atoms with E-state index in [1.807, 2.05) is 7.05 Å². The van der Waals surface area contributed by atoms with Crippen molar-refractivity contribution in [1.82, 2.24) is 5.01 Å². The van der Waals surface area contributed by atoms with Gasteiger partial charge in [-0.3, -0.25) is 9.80 Å². The van der Waals surface area contributed by atoms with Gasteiger partial charge in [0.2, 0.25) is 6.41 Å². The maximum Gasteiger partial charge on any atom is 0.223 e. The Hall–Kier alpha value is -0.850. The number of anilines is 1. The lowest BCUT2D eigenvalue weighted by molar-refractivity contribution is -0.117. The van der Waals surface area contributed by atoms with Crippen molar-refractivity contribution >= 4 is 32.0 Å². The molecule has 0 radical (unpaired) electrons. The molecule has 0 heterocycles. The minimum atomic E-state index is -0.758. The van der Waals surface area contributed by atoms with Crippen LogP contribution < -0.4 is 11.2 Å². The van der Waals surface area contributed by atoms with E-state index in [1.165, 1.54) is 23.2 Å². The summed E-state index contributed by atoms with van der Waals surface area (Å²) >= 11 is 0. The first kappa shape index (κ1) is 24.1. The second-order valence-corrected chi connectivity index (χ2v) is 13.9. The van der Waals surface area contributed by atoms with Gasteiger partial charge in [0, 0.05) is 24.7 Å². The number of hydrogen-bond acceptors (Lipinski definition) is 4. The van der Waals surface area contributed by atoms with Crippen LogP contribution >= 0.6 is 19.9 Å². The Bertz CT molecular complexity index is 510. The summed E-state index contributed by atoms with van der Waals surface area (Å²) in [5.41, 5.74) is 2.64. The van der Waals surface area contributed by atoms with E-state index in [2.05, 4.69) is 82.8 Å². The van der Waals surface area contributed by atoms with E-state index in [9.17, 15) is 4.79 Å². The second-order valence-electron chi connectivity index (χ2n) is 6.88. The monoisotopic (exact) mass is 387 g/mol. The molecule has 0 saturated carbocycles. The van der Waals surface area contributed by atoms with Crippen molar-refractivity contribution in [3.63, 3.8) is 0 Å². The molecule has 1 rings (SSSR count). The number of nitrogens with zero attached hydrogens (tertiary/aromatic N) is 1.